The molecule has 2 nitrogen and oxygen atoms in total. The highest BCUT2D eigenvalue weighted by molar-refractivity contribution is 6.25. The fraction of sp³-hybridized carbons (Fsp3) is 0.0435. The van der Waals surface area contributed by atoms with Gasteiger partial charge in [0.1, 0.15) is 5.82 Å². The van der Waals surface area contributed by atoms with Gasteiger partial charge in [-0.3, -0.25) is 0 Å². The van der Waals surface area contributed by atoms with Crippen molar-refractivity contribution in [2.75, 3.05) is 9.80 Å². The van der Waals surface area contributed by atoms with Crippen molar-refractivity contribution in [1.29, 1.82) is 0 Å². The van der Waals surface area contributed by atoms with E-state index >= 15 is 4.39 Å². The lowest BCUT2D eigenvalue weighted by atomic mass is 9.67. The lowest BCUT2D eigenvalue weighted by Gasteiger charge is -2.36. The average molecular weight is 925 g/mol. The molecular formula is C69H49FN2. The Morgan fingerprint density at radius 2 is 0.806 bits per heavy atom. The molecule has 0 atom stereocenters. The number of nitrogens with zero attached hydrogens (tertiary/aromatic N) is 2. The topological polar surface area (TPSA) is 6.48 Å². The third-order valence-electron chi connectivity index (χ3n) is 14.9. The molecule has 0 fully saturated rings. The molecule has 342 valence electrons. The number of hydrogen-bond donors (Lipinski definition) is 0. The van der Waals surface area contributed by atoms with Gasteiger partial charge in [0, 0.05) is 39.1 Å². The Morgan fingerprint density at radius 3 is 1.44 bits per heavy atom. The molecule has 0 heterocycles. The highest BCUT2D eigenvalue weighted by atomic mass is 19.1. The first-order chi connectivity index (χ1) is 35.4. The van der Waals surface area contributed by atoms with Gasteiger partial charge >= 0.3 is 0 Å². The first-order valence-electron chi connectivity index (χ1n) is 24.8. The van der Waals surface area contributed by atoms with E-state index in [0.29, 0.717) is 5.69 Å². The standard InChI is InChI=1S/C69H49FN2/c1-69(2)63-34-20-33-58-61-45-66(71(51-25-12-5-13-26-51)52-27-14-6-15-28-52)57-32-19-18-31-55(57)60(61)44-62(67(58)63)56-40-37-49(42-64(56)69)47-35-38-54(39-36-47)72(53-29-16-7-17-30-53)68-59(48-23-10-4-11-24-48)41-50(43-65(68)70)46-21-8-3-9-22-46/h3-45H,1-2H3. The zero-order valence-electron chi connectivity index (χ0n) is 40.1. The number of anilines is 6. The van der Waals surface area contributed by atoms with Gasteiger partial charge in [-0.2, -0.15) is 0 Å². The Labute approximate surface area is 420 Å². The van der Waals surface area contributed by atoms with E-state index in [0.717, 1.165) is 61.8 Å². The number of fused-ring (bicyclic) bond motifs is 6. The molecule has 0 spiro atoms. The summed E-state index contributed by atoms with van der Waals surface area (Å²) >= 11 is 0. The minimum absolute atomic E-state index is 0.294. The van der Waals surface area contributed by atoms with Crippen LogP contribution in [0.4, 0.5) is 38.5 Å². The Bertz CT molecular complexity index is 3940. The molecule has 13 rings (SSSR count). The van der Waals surface area contributed by atoms with E-state index in [9.17, 15) is 0 Å². The van der Waals surface area contributed by atoms with E-state index < -0.39 is 0 Å². The molecule has 1 aliphatic rings. The van der Waals surface area contributed by atoms with Crippen LogP contribution in [0.25, 0.3) is 76.8 Å². The molecule has 3 heteroatoms. The monoisotopic (exact) mass is 924 g/mol. The van der Waals surface area contributed by atoms with Crippen LogP contribution in [-0.4, -0.2) is 0 Å². The Kier molecular flexibility index (Phi) is 10.4. The molecule has 0 N–H and O–H groups in total. The number of benzene rings is 12. The highest BCUT2D eigenvalue weighted by Crippen LogP contribution is 2.53. The second-order valence-electron chi connectivity index (χ2n) is 19.4. The molecule has 12 aromatic rings. The Hall–Kier alpha value is -9.05. The lowest BCUT2D eigenvalue weighted by Crippen LogP contribution is -2.23. The van der Waals surface area contributed by atoms with Crippen LogP contribution in [-0.2, 0) is 5.41 Å². The minimum atomic E-state index is -0.299. The van der Waals surface area contributed by atoms with Gasteiger partial charge in [-0.15, -0.1) is 0 Å². The predicted octanol–water partition coefficient (Wildman–Crippen LogP) is 19.5. The third kappa shape index (κ3) is 7.16. The van der Waals surface area contributed by atoms with Crippen LogP contribution < -0.4 is 9.80 Å². The number of halogens is 1. The second kappa shape index (κ2) is 17.4. The second-order valence-corrected chi connectivity index (χ2v) is 19.4. The Balaban J connectivity index is 0.939. The summed E-state index contributed by atoms with van der Waals surface area (Å²) in [5, 5.41) is 7.47. The maximum Gasteiger partial charge on any atom is 0.148 e. The van der Waals surface area contributed by atoms with Gasteiger partial charge in [-0.1, -0.05) is 196 Å². The van der Waals surface area contributed by atoms with E-state index in [4.69, 9.17) is 0 Å². The van der Waals surface area contributed by atoms with Gasteiger partial charge in [0.15, 0.2) is 0 Å². The van der Waals surface area contributed by atoms with Crippen molar-refractivity contribution in [3.63, 3.8) is 0 Å². The summed E-state index contributed by atoms with van der Waals surface area (Å²) in [6.45, 7) is 4.75. The largest absolute Gasteiger partial charge is 0.310 e. The number of para-hydroxylation sites is 3. The van der Waals surface area contributed by atoms with Gasteiger partial charge < -0.3 is 9.80 Å². The molecule has 0 saturated heterocycles. The summed E-state index contributed by atoms with van der Waals surface area (Å²) in [4.78, 5) is 4.45. The van der Waals surface area contributed by atoms with Crippen LogP contribution in [0.2, 0.25) is 0 Å². The minimum Gasteiger partial charge on any atom is -0.310 e. The van der Waals surface area contributed by atoms with Crippen LogP contribution in [0, 0.1) is 5.82 Å². The summed E-state index contributed by atoms with van der Waals surface area (Å²) in [6, 6.07) is 91.8. The summed E-state index contributed by atoms with van der Waals surface area (Å²) in [5.41, 5.74) is 16.2. The van der Waals surface area contributed by atoms with Gasteiger partial charge in [0.2, 0.25) is 0 Å². The number of hydrogen-bond acceptors (Lipinski definition) is 2. The molecule has 0 radical (unpaired) electrons. The van der Waals surface area contributed by atoms with Crippen molar-refractivity contribution in [2.45, 2.75) is 19.3 Å². The fourth-order valence-corrected chi connectivity index (χ4v) is 11.4. The van der Waals surface area contributed by atoms with Crippen molar-refractivity contribution in [1.82, 2.24) is 0 Å². The summed E-state index contributed by atoms with van der Waals surface area (Å²) in [7, 11) is 0. The molecule has 0 bridgehead atoms. The van der Waals surface area contributed by atoms with Crippen LogP contribution in [0.3, 0.4) is 0 Å². The van der Waals surface area contributed by atoms with Crippen LogP contribution >= 0.6 is 0 Å². The van der Waals surface area contributed by atoms with Crippen molar-refractivity contribution in [3.05, 3.63) is 278 Å². The molecular weight excluding hydrogens is 876 g/mol. The molecule has 0 aromatic heterocycles. The van der Waals surface area contributed by atoms with Crippen molar-refractivity contribution in [2.24, 2.45) is 0 Å². The Morgan fingerprint density at radius 1 is 0.306 bits per heavy atom. The number of rotatable bonds is 9. The maximum atomic E-state index is 17.2. The zero-order chi connectivity index (χ0) is 48.3. The molecule has 12 aromatic carbocycles. The zero-order valence-corrected chi connectivity index (χ0v) is 40.1. The molecule has 0 saturated carbocycles. The molecule has 0 unspecified atom stereocenters. The molecule has 1 aliphatic carbocycles. The van der Waals surface area contributed by atoms with Crippen molar-refractivity contribution in [3.8, 4) is 44.5 Å². The third-order valence-corrected chi connectivity index (χ3v) is 14.9. The smallest absolute Gasteiger partial charge is 0.148 e. The van der Waals surface area contributed by atoms with Crippen molar-refractivity contribution < 1.29 is 4.39 Å². The summed E-state index contributed by atoms with van der Waals surface area (Å²) in [6.07, 6.45) is 0. The molecule has 0 amide bonds. The van der Waals surface area contributed by atoms with E-state index in [2.05, 4.69) is 200 Å². The molecule has 72 heavy (non-hydrogen) atoms. The summed E-state index contributed by atoms with van der Waals surface area (Å²) < 4.78 is 17.2. The van der Waals surface area contributed by atoms with Crippen LogP contribution in [0.5, 0.6) is 0 Å². The normalized spacial score (nSPS) is 12.5. The van der Waals surface area contributed by atoms with E-state index in [1.807, 2.05) is 78.9 Å². The SMILES string of the molecule is CC1(C)c2cc(-c3ccc(N(c4ccccc4)c4c(F)cc(-c5ccccc5)cc4-c4ccccc4)cc3)ccc2-c2cc3c4ccccc4c(N(c4ccccc4)c4ccccc4)cc3c3cccc1c23. The maximum absolute atomic E-state index is 17.2. The van der Waals surface area contributed by atoms with Gasteiger partial charge in [-0.25, -0.2) is 4.39 Å². The first kappa shape index (κ1) is 43.0. The predicted molar refractivity (Wildman–Crippen MR) is 302 cm³/mol. The van der Waals surface area contributed by atoms with E-state index in [1.54, 1.807) is 6.07 Å². The molecule has 0 aliphatic heterocycles. The van der Waals surface area contributed by atoms with Gasteiger partial charge in [0.05, 0.1) is 11.4 Å². The first-order valence-corrected chi connectivity index (χ1v) is 24.8. The van der Waals surface area contributed by atoms with Crippen LogP contribution in [0.1, 0.15) is 25.0 Å². The quantitative estimate of drug-likeness (QED) is 0.133. The lowest BCUT2D eigenvalue weighted by molar-refractivity contribution is 0.630. The average Bonchev–Trinajstić information content (AvgIpc) is 3.44. The van der Waals surface area contributed by atoms with Crippen LogP contribution in [0.15, 0.2) is 261 Å². The van der Waals surface area contributed by atoms with Crippen molar-refractivity contribution >= 4 is 66.4 Å². The fourth-order valence-electron chi connectivity index (χ4n) is 11.4. The van der Waals surface area contributed by atoms with Gasteiger partial charge in [0.25, 0.3) is 0 Å². The van der Waals surface area contributed by atoms with E-state index in [1.165, 1.54) is 54.6 Å². The summed E-state index contributed by atoms with van der Waals surface area (Å²) in [5.74, 6) is -0.294. The highest BCUT2D eigenvalue weighted by Gasteiger charge is 2.35. The van der Waals surface area contributed by atoms with E-state index in [-0.39, 0.29) is 11.2 Å². The van der Waals surface area contributed by atoms with Gasteiger partial charge in [-0.05, 0) is 156 Å².